The van der Waals surface area contributed by atoms with Gasteiger partial charge in [0.25, 0.3) is 5.24 Å². The molecule has 7 heteroatoms. The minimum Gasteiger partial charge on any atom is -0.493 e. The number of aromatic nitrogens is 1. The van der Waals surface area contributed by atoms with Gasteiger partial charge in [-0.25, -0.2) is 0 Å². The average molecular weight is 405 g/mol. The predicted molar refractivity (Wildman–Crippen MR) is 111 cm³/mol. The summed E-state index contributed by atoms with van der Waals surface area (Å²) in [5.41, 5.74) is 2.99. The van der Waals surface area contributed by atoms with Crippen LogP contribution in [0.2, 0.25) is 0 Å². The summed E-state index contributed by atoms with van der Waals surface area (Å²) in [5.74, 6) is 0.811. The first-order valence-corrected chi connectivity index (χ1v) is 10.6. The summed E-state index contributed by atoms with van der Waals surface area (Å²) in [6.45, 7) is 9.90. The lowest BCUT2D eigenvalue weighted by Gasteiger charge is -2.16. The van der Waals surface area contributed by atoms with Gasteiger partial charge in [0, 0.05) is 29.3 Å². The van der Waals surface area contributed by atoms with Crippen molar-refractivity contribution in [1.82, 2.24) is 10.1 Å². The molecule has 6 nitrogen and oxygen atoms in total. The molecule has 0 aliphatic carbocycles. The third-order valence-corrected chi connectivity index (χ3v) is 5.37. The second-order valence-electron chi connectivity index (χ2n) is 8.40. The van der Waals surface area contributed by atoms with E-state index in [4.69, 9.17) is 9.26 Å². The first-order valence-electron chi connectivity index (χ1n) is 9.81. The van der Waals surface area contributed by atoms with Crippen molar-refractivity contribution in [2.75, 3.05) is 19.7 Å². The Hall–Kier alpha value is -2.02. The van der Waals surface area contributed by atoms with Gasteiger partial charge in [-0.2, -0.15) is 0 Å². The number of hydrogen-bond acceptors (Lipinski definition) is 6. The van der Waals surface area contributed by atoms with Gasteiger partial charge in [0.1, 0.15) is 5.75 Å². The monoisotopic (exact) mass is 404 g/mol. The molecule has 152 valence electrons. The molecule has 1 aromatic heterocycles. The number of fused-ring (bicyclic) bond motifs is 1. The van der Waals surface area contributed by atoms with Gasteiger partial charge >= 0.3 is 0 Å². The van der Waals surface area contributed by atoms with Crippen LogP contribution in [0.5, 0.6) is 5.75 Å². The van der Waals surface area contributed by atoms with Gasteiger partial charge in [-0.15, -0.1) is 0 Å². The van der Waals surface area contributed by atoms with E-state index in [1.165, 1.54) is 0 Å². The molecule has 1 fully saturated rings. The molecular weight excluding hydrogens is 376 g/mol. The first-order chi connectivity index (χ1) is 13.3. The van der Waals surface area contributed by atoms with Crippen molar-refractivity contribution in [1.29, 1.82) is 0 Å². The number of ether oxygens (including phenoxy) is 1. The van der Waals surface area contributed by atoms with Crippen LogP contribution in [0.15, 0.2) is 16.7 Å². The van der Waals surface area contributed by atoms with Gasteiger partial charge in [-0.1, -0.05) is 39.3 Å². The van der Waals surface area contributed by atoms with Crippen molar-refractivity contribution in [2.24, 2.45) is 5.41 Å². The Morgan fingerprint density at radius 3 is 2.71 bits per heavy atom. The molecule has 0 N–H and O–H groups in total. The van der Waals surface area contributed by atoms with Crippen LogP contribution in [0.25, 0.3) is 11.0 Å². The minimum atomic E-state index is -0.161. The summed E-state index contributed by atoms with van der Waals surface area (Å²) in [4.78, 5) is 24.5. The van der Waals surface area contributed by atoms with Gasteiger partial charge in [0.05, 0.1) is 18.8 Å². The number of benzene rings is 1. The molecule has 0 atom stereocenters. The largest absolute Gasteiger partial charge is 0.493 e. The van der Waals surface area contributed by atoms with E-state index < -0.39 is 0 Å². The van der Waals surface area contributed by atoms with Gasteiger partial charge < -0.3 is 14.2 Å². The van der Waals surface area contributed by atoms with Gasteiger partial charge in [0.2, 0.25) is 5.12 Å². The van der Waals surface area contributed by atoms with Crippen LogP contribution in [0.1, 0.15) is 51.8 Å². The zero-order chi connectivity index (χ0) is 20.3. The number of nitrogens with zero attached hydrogens (tertiary/aromatic N) is 2. The highest BCUT2D eigenvalue weighted by Gasteiger charge is 2.28. The molecule has 3 rings (SSSR count). The lowest BCUT2D eigenvalue weighted by molar-refractivity contribution is -0.110. The van der Waals surface area contributed by atoms with Crippen molar-refractivity contribution in [3.8, 4) is 5.75 Å². The molecule has 28 heavy (non-hydrogen) atoms. The number of amides is 1. The van der Waals surface area contributed by atoms with Crippen LogP contribution in [-0.4, -0.2) is 40.1 Å². The molecule has 0 spiro atoms. The molecule has 0 saturated carbocycles. The Morgan fingerprint density at radius 1 is 1.29 bits per heavy atom. The zero-order valence-corrected chi connectivity index (χ0v) is 17.9. The highest BCUT2D eigenvalue weighted by Crippen LogP contribution is 2.33. The van der Waals surface area contributed by atoms with Crippen LogP contribution >= 0.6 is 11.8 Å². The normalized spacial score (nSPS) is 15.1. The minimum absolute atomic E-state index is 0.0852. The molecule has 0 bridgehead atoms. The standard InChI is InChI=1S/C21H28N2O4S/c1-5-7-15-17(26-11-6-10-23-13-18(24)28-20(23)25)9-8-14-16(12-21(2,3)4)22-27-19(14)15/h8-9H,5-7,10-13H2,1-4H3. The summed E-state index contributed by atoms with van der Waals surface area (Å²) in [5, 5.41) is 5.13. The van der Waals surface area contributed by atoms with Gasteiger partial charge in [0.15, 0.2) is 5.58 Å². The number of aryl methyl sites for hydroxylation is 1. The van der Waals surface area contributed by atoms with E-state index in [1.807, 2.05) is 12.1 Å². The van der Waals surface area contributed by atoms with Crippen molar-refractivity contribution in [2.45, 2.75) is 53.4 Å². The molecule has 1 aliphatic heterocycles. The van der Waals surface area contributed by atoms with E-state index in [9.17, 15) is 9.59 Å². The Labute approximate surface area is 170 Å². The van der Waals surface area contributed by atoms with Crippen LogP contribution in [0, 0.1) is 5.41 Å². The third kappa shape index (κ3) is 4.87. The van der Waals surface area contributed by atoms with Crippen LogP contribution in [0.3, 0.4) is 0 Å². The van der Waals surface area contributed by atoms with Crippen molar-refractivity contribution < 1.29 is 18.8 Å². The van der Waals surface area contributed by atoms with E-state index in [0.29, 0.717) is 19.6 Å². The highest BCUT2D eigenvalue weighted by atomic mass is 32.2. The lowest BCUT2D eigenvalue weighted by atomic mass is 9.89. The molecule has 1 saturated heterocycles. The van der Waals surface area contributed by atoms with E-state index >= 15 is 0 Å². The summed E-state index contributed by atoms with van der Waals surface area (Å²) in [6.07, 6.45) is 3.36. The number of carbonyl (C=O) groups is 2. The van der Waals surface area contributed by atoms with Crippen LogP contribution in [0.4, 0.5) is 4.79 Å². The first kappa shape index (κ1) is 20.7. The fourth-order valence-electron chi connectivity index (χ4n) is 3.37. The summed E-state index contributed by atoms with van der Waals surface area (Å²) < 4.78 is 11.7. The maximum absolute atomic E-state index is 11.6. The molecule has 1 aliphatic rings. The average Bonchev–Trinajstić information content (AvgIpc) is 3.14. The quantitative estimate of drug-likeness (QED) is 0.587. The molecule has 1 aromatic carbocycles. The summed E-state index contributed by atoms with van der Waals surface area (Å²) in [6, 6.07) is 4.03. The molecule has 1 amide bonds. The second kappa shape index (κ2) is 8.55. The molecule has 0 unspecified atom stereocenters. The van der Waals surface area contributed by atoms with Crippen molar-refractivity contribution in [3.63, 3.8) is 0 Å². The Morgan fingerprint density at radius 2 is 2.07 bits per heavy atom. The highest BCUT2D eigenvalue weighted by molar-refractivity contribution is 8.26. The maximum atomic E-state index is 11.6. The number of hydrogen-bond donors (Lipinski definition) is 0. The predicted octanol–water partition coefficient (Wildman–Crippen LogP) is 4.83. The van der Waals surface area contributed by atoms with Gasteiger partial charge in [-0.05, 0) is 36.8 Å². The summed E-state index contributed by atoms with van der Waals surface area (Å²) in [7, 11) is 0. The maximum Gasteiger partial charge on any atom is 0.289 e. The molecule has 0 radical (unpaired) electrons. The number of rotatable bonds is 8. The fraction of sp³-hybridized carbons (Fsp3) is 0.571. The topological polar surface area (TPSA) is 72.6 Å². The van der Waals surface area contributed by atoms with E-state index in [0.717, 1.165) is 59.0 Å². The lowest BCUT2D eigenvalue weighted by Crippen LogP contribution is -2.26. The van der Waals surface area contributed by atoms with Crippen molar-refractivity contribution in [3.05, 3.63) is 23.4 Å². The number of carbonyl (C=O) groups excluding carboxylic acids is 2. The van der Waals surface area contributed by atoms with E-state index in [-0.39, 0.29) is 22.3 Å². The number of thioether (sulfide) groups is 1. The van der Waals surface area contributed by atoms with Crippen LogP contribution in [-0.2, 0) is 17.6 Å². The third-order valence-electron chi connectivity index (χ3n) is 4.58. The summed E-state index contributed by atoms with van der Waals surface area (Å²) >= 11 is 0.787. The molecule has 2 aromatic rings. The SMILES string of the molecule is CCCc1c(OCCCN2CC(=O)SC2=O)ccc2c(CC(C)(C)C)noc12. The molecular formula is C21H28N2O4S. The second-order valence-corrected chi connectivity index (χ2v) is 9.41. The van der Waals surface area contributed by atoms with Gasteiger partial charge in [-0.3, -0.25) is 9.59 Å². The van der Waals surface area contributed by atoms with Crippen LogP contribution < -0.4 is 4.74 Å². The van der Waals surface area contributed by atoms with E-state index in [2.05, 4.69) is 32.9 Å². The Kier molecular flexibility index (Phi) is 6.33. The van der Waals surface area contributed by atoms with Crippen molar-refractivity contribution >= 4 is 33.1 Å². The van der Waals surface area contributed by atoms with E-state index in [1.54, 1.807) is 4.90 Å². The smallest absolute Gasteiger partial charge is 0.289 e. The fourth-order valence-corrected chi connectivity index (χ4v) is 4.07. The zero-order valence-electron chi connectivity index (χ0n) is 17.0. The Balaban J connectivity index is 1.69. The Bertz CT molecular complexity index is 869. The molecule has 2 heterocycles.